The fourth-order valence-corrected chi connectivity index (χ4v) is 7.90. The maximum Gasteiger partial charge on any atom is 0.306 e. The lowest BCUT2D eigenvalue weighted by Gasteiger charge is -2.15. The molecule has 0 aromatic carbocycles. The maximum absolute atomic E-state index is 12.3. The van der Waals surface area contributed by atoms with E-state index in [1.165, 1.54) is 103 Å². The first-order valence-electron chi connectivity index (χ1n) is 30.0. The van der Waals surface area contributed by atoms with E-state index in [-0.39, 0.29) is 31.6 Å². The Morgan fingerprint density at radius 3 is 0.851 bits per heavy atom. The van der Waals surface area contributed by atoms with Crippen molar-refractivity contribution in [3.63, 3.8) is 0 Å². The monoisotopic (exact) mass is 1020 g/mol. The molecule has 0 aliphatic heterocycles. The molecule has 0 aromatic rings. The molecule has 416 valence electrons. The molecule has 0 heterocycles. The third kappa shape index (κ3) is 60.1. The summed E-state index contributed by atoms with van der Waals surface area (Å²) in [6.07, 6.45) is 96.6. The van der Waals surface area contributed by atoms with Gasteiger partial charge in [0.15, 0.2) is 6.10 Å². The average Bonchev–Trinajstić information content (AvgIpc) is 3.40. The summed E-state index contributed by atoms with van der Waals surface area (Å²) in [5.41, 5.74) is 0. The van der Waals surface area contributed by atoms with Gasteiger partial charge in [0.25, 0.3) is 0 Å². The third-order valence-electron chi connectivity index (χ3n) is 12.3. The van der Waals surface area contributed by atoms with Crippen LogP contribution in [0.3, 0.4) is 0 Å². The fourth-order valence-electron chi connectivity index (χ4n) is 7.90. The molecule has 0 aliphatic carbocycles. The van der Waals surface area contributed by atoms with Gasteiger partial charge in [0, 0.05) is 12.8 Å². The van der Waals surface area contributed by atoms with Gasteiger partial charge in [0.05, 0.1) is 6.61 Å². The van der Waals surface area contributed by atoms with Crippen LogP contribution in [0.4, 0.5) is 0 Å². The van der Waals surface area contributed by atoms with Crippen molar-refractivity contribution in [2.45, 2.75) is 251 Å². The zero-order chi connectivity index (χ0) is 53.4. The number of ether oxygens (including phenoxy) is 2. The summed E-state index contributed by atoms with van der Waals surface area (Å²) in [5.74, 6) is -0.665. The van der Waals surface area contributed by atoms with Crippen molar-refractivity contribution in [2.75, 3.05) is 13.2 Å². The van der Waals surface area contributed by atoms with Crippen molar-refractivity contribution in [2.24, 2.45) is 0 Å². The zero-order valence-corrected chi connectivity index (χ0v) is 47.5. The molecule has 0 radical (unpaired) electrons. The number of esters is 2. The van der Waals surface area contributed by atoms with Crippen molar-refractivity contribution in [3.8, 4) is 0 Å². The number of carbonyl (C=O) groups is 2. The van der Waals surface area contributed by atoms with Crippen molar-refractivity contribution in [3.05, 3.63) is 158 Å². The van der Waals surface area contributed by atoms with Gasteiger partial charge in [-0.2, -0.15) is 0 Å². The molecule has 5 nitrogen and oxygen atoms in total. The summed E-state index contributed by atoms with van der Waals surface area (Å²) in [4.78, 5) is 24.5. The van der Waals surface area contributed by atoms with E-state index in [1.807, 2.05) is 0 Å². The summed E-state index contributed by atoms with van der Waals surface area (Å²) in [7, 11) is 0. The van der Waals surface area contributed by atoms with Gasteiger partial charge in [-0.05, 0) is 116 Å². The third-order valence-corrected chi connectivity index (χ3v) is 12.3. The Balaban J connectivity index is 3.56. The summed E-state index contributed by atoms with van der Waals surface area (Å²) in [6.45, 7) is 3.86. The predicted octanol–water partition coefficient (Wildman–Crippen LogP) is 20.7. The van der Waals surface area contributed by atoms with Crippen LogP contribution in [0.1, 0.15) is 245 Å². The summed E-state index contributed by atoms with van der Waals surface area (Å²) < 4.78 is 10.7. The molecule has 0 fully saturated rings. The van der Waals surface area contributed by atoms with Crippen LogP contribution in [0.15, 0.2) is 158 Å². The lowest BCUT2D eigenvalue weighted by molar-refractivity contribution is -0.161. The number of rotatable bonds is 53. The number of aliphatic hydroxyl groups excluding tert-OH is 1. The molecule has 0 aromatic heterocycles. The highest BCUT2D eigenvalue weighted by molar-refractivity contribution is 5.70. The van der Waals surface area contributed by atoms with E-state index in [1.54, 1.807) is 0 Å². The second-order valence-corrected chi connectivity index (χ2v) is 19.3. The second-order valence-electron chi connectivity index (χ2n) is 19.3. The highest BCUT2D eigenvalue weighted by Crippen LogP contribution is 2.16. The van der Waals surface area contributed by atoms with Crippen molar-refractivity contribution >= 4 is 11.9 Å². The maximum atomic E-state index is 12.3. The Labute approximate surface area is 456 Å². The molecule has 0 amide bonds. The van der Waals surface area contributed by atoms with Crippen LogP contribution in [-0.4, -0.2) is 36.4 Å². The summed E-state index contributed by atoms with van der Waals surface area (Å²) in [6, 6.07) is 0. The highest BCUT2D eigenvalue weighted by Gasteiger charge is 2.16. The van der Waals surface area contributed by atoms with Crippen molar-refractivity contribution in [1.82, 2.24) is 0 Å². The molecule has 1 N–H and O–H groups in total. The molecule has 0 bridgehead atoms. The van der Waals surface area contributed by atoms with Crippen LogP contribution < -0.4 is 0 Å². The van der Waals surface area contributed by atoms with Gasteiger partial charge in [-0.1, -0.05) is 275 Å². The van der Waals surface area contributed by atoms with Gasteiger partial charge in [-0.25, -0.2) is 0 Å². The minimum atomic E-state index is -0.813. The number of hydrogen-bond donors (Lipinski definition) is 1. The van der Waals surface area contributed by atoms with E-state index in [2.05, 4.69) is 172 Å². The van der Waals surface area contributed by atoms with E-state index in [0.717, 1.165) is 109 Å². The normalized spacial score (nSPS) is 13.4. The van der Waals surface area contributed by atoms with Gasteiger partial charge >= 0.3 is 11.9 Å². The first-order chi connectivity index (χ1) is 36.6. The SMILES string of the molecule is CC/C=C\C/C=C\C/C=C\C/C=C\C/C=C\C/C=C\C/C=C\CCCC(=O)OC(CO)COC(=O)CCCCCCCCCCCCCCCCCCCC/C=C\C/C=C\C/C=C\C/C=C\C/C=C\C/C=C\CC. The topological polar surface area (TPSA) is 72.8 Å². The Morgan fingerprint density at radius 1 is 0.311 bits per heavy atom. The minimum absolute atomic E-state index is 0.0970. The predicted molar refractivity (Wildman–Crippen MR) is 324 cm³/mol. The first kappa shape index (κ1) is 69.5. The number of unbranched alkanes of at least 4 members (excludes halogenated alkanes) is 19. The largest absolute Gasteiger partial charge is 0.462 e. The van der Waals surface area contributed by atoms with Crippen LogP contribution in [-0.2, 0) is 19.1 Å². The molecule has 1 unspecified atom stereocenters. The van der Waals surface area contributed by atoms with Crippen LogP contribution in [0.2, 0.25) is 0 Å². The Bertz CT molecular complexity index is 1620. The van der Waals surface area contributed by atoms with E-state index < -0.39 is 6.10 Å². The van der Waals surface area contributed by atoms with E-state index in [9.17, 15) is 14.7 Å². The molecule has 0 spiro atoms. The molecular weight excluding hydrogens is 909 g/mol. The first-order valence-corrected chi connectivity index (χ1v) is 30.0. The Kier molecular flexibility index (Phi) is 59.0. The van der Waals surface area contributed by atoms with Crippen LogP contribution in [0.25, 0.3) is 0 Å². The molecular formula is C69H110O5. The van der Waals surface area contributed by atoms with Gasteiger partial charge in [-0.3, -0.25) is 9.59 Å². The van der Waals surface area contributed by atoms with Gasteiger partial charge < -0.3 is 14.6 Å². The van der Waals surface area contributed by atoms with E-state index >= 15 is 0 Å². The molecule has 5 heteroatoms. The van der Waals surface area contributed by atoms with Crippen LogP contribution in [0.5, 0.6) is 0 Å². The Hall–Kier alpha value is -4.48. The summed E-state index contributed by atoms with van der Waals surface area (Å²) in [5, 5.41) is 9.65. The summed E-state index contributed by atoms with van der Waals surface area (Å²) >= 11 is 0. The van der Waals surface area contributed by atoms with Gasteiger partial charge in [0.2, 0.25) is 0 Å². The Morgan fingerprint density at radius 2 is 0.554 bits per heavy atom. The number of carbonyl (C=O) groups excluding carboxylic acids is 2. The molecule has 0 aliphatic rings. The molecule has 74 heavy (non-hydrogen) atoms. The molecule has 0 rings (SSSR count). The standard InChI is InChI=1S/C69H110O5/c1-3-5-7-9-11-13-15-17-19-21-23-25-27-28-29-30-31-32-33-34-35-36-37-38-39-40-42-43-45-47-49-51-53-55-57-59-61-63-68(71)73-66-67(65-70)74-69(72)64-62-60-58-56-54-52-50-48-46-44-41-26-24-22-20-18-16-14-12-10-8-6-4-2/h5-8,11-14,17-20,23-26,28-29,31-32,44,46,50,52,56,58,67,70H,3-4,9-10,15-16,21-22,27,30,33-43,45,47-49,51,53-55,57,59-66H2,1-2H3/b7-5-,8-6-,13-11-,14-12-,19-17-,20-18-,25-23-,26-24-,29-28-,32-31-,46-44-,52-50-,58-56-. The average molecular weight is 1020 g/mol. The number of allylic oxidation sites excluding steroid dienone is 26. The number of aliphatic hydroxyl groups is 1. The highest BCUT2D eigenvalue weighted by atomic mass is 16.6. The number of hydrogen-bond acceptors (Lipinski definition) is 5. The molecule has 0 saturated carbocycles. The van der Waals surface area contributed by atoms with E-state index in [0.29, 0.717) is 12.8 Å². The van der Waals surface area contributed by atoms with Crippen molar-refractivity contribution in [1.29, 1.82) is 0 Å². The van der Waals surface area contributed by atoms with Gasteiger partial charge in [-0.15, -0.1) is 0 Å². The lowest BCUT2D eigenvalue weighted by Crippen LogP contribution is -2.28. The fraction of sp³-hybridized carbons (Fsp3) is 0.594. The van der Waals surface area contributed by atoms with Crippen LogP contribution in [0, 0.1) is 0 Å². The zero-order valence-electron chi connectivity index (χ0n) is 47.5. The quantitative estimate of drug-likeness (QED) is 0.0373. The van der Waals surface area contributed by atoms with Gasteiger partial charge in [0.1, 0.15) is 6.61 Å². The molecule has 0 saturated heterocycles. The van der Waals surface area contributed by atoms with Crippen molar-refractivity contribution < 1.29 is 24.2 Å². The smallest absolute Gasteiger partial charge is 0.306 e. The minimum Gasteiger partial charge on any atom is -0.462 e. The van der Waals surface area contributed by atoms with Crippen LogP contribution >= 0.6 is 0 Å². The molecule has 1 atom stereocenters. The lowest BCUT2D eigenvalue weighted by atomic mass is 10.0. The van der Waals surface area contributed by atoms with E-state index in [4.69, 9.17) is 9.47 Å². The second kappa shape index (κ2) is 62.8.